The van der Waals surface area contributed by atoms with Crippen LogP contribution in [0.2, 0.25) is 0 Å². The van der Waals surface area contributed by atoms with Crippen molar-refractivity contribution in [1.29, 1.82) is 0 Å². The molecular weight excluding hydrogens is 398 g/mol. The summed E-state index contributed by atoms with van der Waals surface area (Å²) in [6, 6.07) is 3.24. The number of nitrogens with zero attached hydrogens (tertiary/aromatic N) is 1. The Balaban J connectivity index is 2.08. The van der Waals surface area contributed by atoms with Crippen molar-refractivity contribution in [1.82, 2.24) is 9.97 Å². The van der Waals surface area contributed by atoms with Crippen LogP contribution in [0.15, 0.2) is 22.1 Å². The van der Waals surface area contributed by atoms with E-state index < -0.39 is 5.97 Å². The largest absolute Gasteiger partial charge is 0.462 e. The number of carbonyl (C=O) groups is 2. The van der Waals surface area contributed by atoms with Gasteiger partial charge in [-0.05, 0) is 25.3 Å². The van der Waals surface area contributed by atoms with Gasteiger partial charge in [0.15, 0.2) is 5.16 Å². The van der Waals surface area contributed by atoms with E-state index in [-0.39, 0.29) is 29.7 Å². The maximum atomic E-state index is 12.4. The van der Waals surface area contributed by atoms with Crippen LogP contribution in [0, 0.1) is 0 Å². The lowest BCUT2D eigenvalue weighted by Gasteiger charge is -2.06. The van der Waals surface area contributed by atoms with E-state index in [1.807, 2.05) is 20.8 Å². The first-order valence-electron chi connectivity index (χ1n) is 9.17. The average Bonchev–Trinajstić information content (AvgIpc) is 3.04. The van der Waals surface area contributed by atoms with Gasteiger partial charge in [0.25, 0.3) is 5.56 Å². The van der Waals surface area contributed by atoms with E-state index in [1.165, 1.54) is 17.4 Å². The minimum atomic E-state index is -0.452. The number of hydrogen-bond acceptors (Lipinski definition) is 7. The Kier molecular flexibility index (Phi) is 8.25. The molecule has 152 valence electrons. The van der Waals surface area contributed by atoms with E-state index >= 15 is 0 Å². The SMILES string of the molecule is CCCc1cc(=O)[nH]c(SCC(=O)Nc2sc(C(C)C)cc2C(=O)OCC)n1. The van der Waals surface area contributed by atoms with Crippen LogP contribution in [-0.4, -0.2) is 34.2 Å². The molecule has 0 bridgehead atoms. The zero-order chi connectivity index (χ0) is 20.7. The number of thioether (sulfide) groups is 1. The molecule has 7 nitrogen and oxygen atoms in total. The summed E-state index contributed by atoms with van der Waals surface area (Å²) >= 11 is 2.52. The molecule has 0 unspecified atom stereocenters. The van der Waals surface area contributed by atoms with Crippen LogP contribution in [0.1, 0.15) is 61.0 Å². The van der Waals surface area contributed by atoms with Crippen molar-refractivity contribution in [2.24, 2.45) is 0 Å². The highest BCUT2D eigenvalue weighted by molar-refractivity contribution is 7.99. The molecule has 0 radical (unpaired) electrons. The van der Waals surface area contributed by atoms with Crippen LogP contribution in [0.5, 0.6) is 0 Å². The van der Waals surface area contributed by atoms with Crippen LogP contribution in [0.25, 0.3) is 0 Å². The second-order valence-corrected chi connectivity index (χ2v) is 8.44. The number of rotatable bonds is 9. The van der Waals surface area contributed by atoms with Crippen molar-refractivity contribution in [2.75, 3.05) is 17.7 Å². The van der Waals surface area contributed by atoms with Crippen molar-refractivity contribution >= 4 is 40.0 Å². The molecule has 0 aliphatic heterocycles. The van der Waals surface area contributed by atoms with E-state index in [1.54, 1.807) is 13.0 Å². The predicted octanol–water partition coefficient (Wildman–Crippen LogP) is 3.81. The average molecular weight is 424 g/mol. The molecule has 2 heterocycles. The Labute approximate surface area is 172 Å². The normalized spacial score (nSPS) is 10.9. The monoisotopic (exact) mass is 423 g/mol. The lowest BCUT2D eigenvalue weighted by Crippen LogP contribution is -2.17. The number of thiophene rings is 1. The molecule has 0 saturated heterocycles. The number of carbonyl (C=O) groups excluding carboxylic acids is 2. The number of amides is 1. The predicted molar refractivity (Wildman–Crippen MR) is 113 cm³/mol. The van der Waals surface area contributed by atoms with Crippen LogP contribution in [0.3, 0.4) is 0 Å². The molecule has 0 aliphatic carbocycles. The van der Waals surface area contributed by atoms with Crippen LogP contribution in [-0.2, 0) is 16.0 Å². The summed E-state index contributed by atoms with van der Waals surface area (Å²) in [6.07, 6.45) is 1.59. The number of aryl methyl sites for hydroxylation is 1. The number of nitrogens with one attached hydrogen (secondary N) is 2. The third-order valence-corrected chi connectivity index (χ3v) is 5.91. The summed E-state index contributed by atoms with van der Waals surface area (Å²) in [5.74, 6) is -0.438. The molecule has 0 spiro atoms. The molecular formula is C19H25N3O4S2. The maximum absolute atomic E-state index is 12.4. The van der Waals surface area contributed by atoms with Crippen molar-refractivity contribution in [2.45, 2.75) is 51.6 Å². The smallest absolute Gasteiger partial charge is 0.341 e. The van der Waals surface area contributed by atoms with Crippen LogP contribution in [0.4, 0.5) is 5.00 Å². The van der Waals surface area contributed by atoms with Gasteiger partial charge in [-0.15, -0.1) is 11.3 Å². The molecule has 2 aromatic heterocycles. The summed E-state index contributed by atoms with van der Waals surface area (Å²) in [7, 11) is 0. The molecule has 0 aromatic carbocycles. The van der Waals surface area contributed by atoms with Gasteiger partial charge in [0.2, 0.25) is 5.91 Å². The van der Waals surface area contributed by atoms with E-state index in [9.17, 15) is 14.4 Å². The topological polar surface area (TPSA) is 101 Å². The Morgan fingerprint density at radius 2 is 2.07 bits per heavy atom. The molecule has 28 heavy (non-hydrogen) atoms. The number of H-pyrrole nitrogens is 1. The number of esters is 1. The van der Waals surface area contributed by atoms with Crippen molar-refractivity contribution in [3.05, 3.63) is 38.6 Å². The number of anilines is 1. The van der Waals surface area contributed by atoms with Gasteiger partial charge in [0.1, 0.15) is 5.00 Å². The fourth-order valence-corrected chi connectivity index (χ4v) is 4.14. The number of ether oxygens (including phenoxy) is 1. The van der Waals surface area contributed by atoms with Crippen LogP contribution >= 0.6 is 23.1 Å². The molecule has 0 saturated carbocycles. The van der Waals surface area contributed by atoms with Gasteiger partial charge in [-0.2, -0.15) is 0 Å². The molecule has 2 aromatic rings. The van der Waals surface area contributed by atoms with Crippen LogP contribution < -0.4 is 10.9 Å². The first kappa shape index (κ1) is 22.2. The van der Waals surface area contributed by atoms with Gasteiger partial charge in [-0.25, -0.2) is 9.78 Å². The Bertz CT molecular complexity index is 890. The fourth-order valence-electron chi connectivity index (χ4n) is 2.38. The first-order chi connectivity index (χ1) is 13.3. The maximum Gasteiger partial charge on any atom is 0.341 e. The van der Waals surface area contributed by atoms with E-state index in [2.05, 4.69) is 15.3 Å². The highest BCUT2D eigenvalue weighted by atomic mass is 32.2. The lowest BCUT2D eigenvalue weighted by atomic mass is 10.1. The highest BCUT2D eigenvalue weighted by Gasteiger charge is 2.20. The molecule has 0 atom stereocenters. The highest BCUT2D eigenvalue weighted by Crippen LogP contribution is 2.33. The summed E-state index contributed by atoms with van der Waals surface area (Å²) in [4.78, 5) is 44.3. The number of aromatic amines is 1. The second kappa shape index (κ2) is 10.4. The third kappa shape index (κ3) is 6.20. The minimum absolute atomic E-state index is 0.0652. The van der Waals surface area contributed by atoms with E-state index in [4.69, 9.17) is 4.74 Å². The zero-order valence-electron chi connectivity index (χ0n) is 16.5. The molecule has 2 rings (SSSR count). The zero-order valence-corrected chi connectivity index (χ0v) is 18.1. The van der Waals surface area contributed by atoms with Gasteiger partial charge in [-0.3, -0.25) is 9.59 Å². The van der Waals surface area contributed by atoms with Gasteiger partial charge in [-0.1, -0.05) is 39.0 Å². The molecule has 1 amide bonds. The minimum Gasteiger partial charge on any atom is -0.462 e. The van der Waals surface area contributed by atoms with Crippen molar-refractivity contribution < 1.29 is 14.3 Å². The van der Waals surface area contributed by atoms with Gasteiger partial charge in [0, 0.05) is 16.6 Å². The standard InChI is InChI=1S/C19H25N3O4S2/c1-5-7-12-8-15(23)22-19(20-12)27-10-16(24)21-17-13(18(25)26-6-2)9-14(28-17)11(3)4/h8-9,11H,5-7,10H2,1-4H3,(H,21,24)(H,20,22,23). The Hall–Kier alpha value is -2.13. The van der Waals surface area contributed by atoms with Gasteiger partial charge < -0.3 is 15.0 Å². The fraction of sp³-hybridized carbons (Fsp3) is 0.474. The molecule has 2 N–H and O–H groups in total. The summed E-state index contributed by atoms with van der Waals surface area (Å²) in [5.41, 5.74) is 0.842. The molecule has 0 fully saturated rings. The Morgan fingerprint density at radius 1 is 1.32 bits per heavy atom. The van der Waals surface area contributed by atoms with Gasteiger partial charge >= 0.3 is 5.97 Å². The Morgan fingerprint density at radius 3 is 2.71 bits per heavy atom. The number of aromatic nitrogens is 2. The summed E-state index contributed by atoms with van der Waals surface area (Å²) < 4.78 is 5.08. The summed E-state index contributed by atoms with van der Waals surface area (Å²) in [6.45, 7) is 8.06. The van der Waals surface area contributed by atoms with E-state index in [0.717, 1.165) is 23.1 Å². The lowest BCUT2D eigenvalue weighted by molar-refractivity contribution is -0.113. The summed E-state index contributed by atoms with van der Waals surface area (Å²) in [5, 5.41) is 3.68. The van der Waals surface area contributed by atoms with Crippen molar-refractivity contribution in [3.8, 4) is 0 Å². The van der Waals surface area contributed by atoms with E-state index in [0.29, 0.717) is 27.8 Å². The molecule has 0 aliphatic rings. The second-order valence-electron chi connectivity index (χ2n) is 6.40. The molecule has 9 heteroatoms. The quantitative estimate of drug-likeness (QED) is 0.361. The number of hydrogen-bond donors (Lipinski definition) is 2. The van der Waals surface area contributed by atoms with Crippen molar-refractivity contribution in [3.63, 3.8) is 0 Å². The first-order valence-corrected chi connectivity index (χ1v) is 11.0. The third-order valence-electron chi connectivity index (χ3n) is 3.69. The van der Waals surface area contributed by atoms with Gasteiger partial charge in [0.05, 0.1) is 17.9 Å².